The Morgan fingerprint density at radius 2 is 2.25 bits per heavy atom. The Labute approximate surface area is 119 Å². The lowest BCUT2D eigenvalue weighted by molar-refractivity contribution is -0.121. The van der Waals surface area contributed by atoms with Gasteiger partial charge in [-0.1, -0.05) is 12.1 Å². The van der Waals surface area contributed by atoms with Crippen LogP contribution in [0.2, 0.25) is 0 Å². The number of benzene rings is 1. The first-order chi connectivity index (χ1) is 9.63. The molecule has 0 aliphatic carbocycles. The molecule has 0 bridgehead atoms. The summed E-state index contributed by atoms with van der Waals surface area (Å²) in [7, 11) is 0. The van der Waals surface area contributed by atoms with Crippen LogP contribution in [0.15, 0.2) is 24.3 Å². The molecular formula is C15H21N3O2. The Hall–Kier alpha value is -1.88. The molecule has 0 radical (unpaired) electrons. The van der Waals surface area contributed by atoms with Crippen LogP contribution in [0.3, 0.4) is 0 Å². The smallest absolute Gasteiger partial charge is 0.221 e. The van der Waals surface area contributed by atoms with E-state index in [-0.39, 0.29) is 11.8 Å². The van der Waals surface area contributed by atoms with Gasteiger partial charge in [0.05, 0.1) is 0 Å². The van der Waals surface area contributed by atoms with Crippen molar-refractivity contribution >= 4 is 17.5 Å². The number of amides is 2. The number of carbonyl (C=O) groups excluding carboxylic acids is 2. The Morgan fingerprint density at radius 3 is 2.95 bits per heavy atom. The number of hydrogen-bond donors (Lipinski definition) is 3. The summed E-state index contributed by atoms with van der Waals surface area (Å²) < 4.78 is 0. The van der Waals surface area contributed by atoms with E-state index in [4.69, 9.17) is 0 Å². The van der Waals surface area contributed by atoms with Crippen molar-refractivity contribution in [1.29, 1.82) is 0 Å². The average molecular weight is 275 g/mol. The van der Waals surface area contributed by atoms with Gasteiger partial charge in [0.2, 0.25) is 11.8 Å². The molecule has 1 aliphatic heterocycles. The Kier molecular flexibility index (Phi) is 5.12. The summed E-state index contributed by atoms with van der Waals surface area (Å²) in [6, 6.07) is 7.82. The largest absolute Gasteiger partial charge is 0.352 e. The van der Waals surface area contributed by atoms with E-state index >= 15 is 0 Å². The summed E-state index contributed by atoms with van der Waals surface area (Å²) in [6.07, 6.45) is 2.76. The lowest BCUT2D eigenvalue weighted by Gasteiger charge is -2.11. The molecule has 1 atom stereocenters. The zero-order chi connectivity index (χ0) is 14.4. The molecule has 3 N–H and O–H groups in total. The van der Waals surface area contributed by atoms with Gasteiger partial charge < -0.3 is 16.0 Å². The highest BCUT2D eigenvalue weighted by molar-refractivity contribution is 5.88. The summed E-state index contributed by atoms with van der Waals surface area (Å²) in [4.78, 5) is 22.8. The van der Waals surface area contributed by atoms with Crippen LogP contribution in [0, 0.1) is 0 Å². The van der Waals surface area contributed by atoms with Crippen molar-refractivity contribution in [2.24, 2.45) is 0 Å². The van der Waals surface area contributed by atoms with Crippen LogP contribution in [0.5, 0.6) is 0 Å². The van der Waals surface area contributed by atoms with Crippen LogP contribution in [-0.4, -0.2) is 24.4 Å². The molecule has 1 unspecified atom stereocenters. The summed E-state index contributed by atoms with van der Waals surface area (Å²) >= 11 is 0. The molecule has 1 aromatic carbocycles. The number of anilines is 1. The maximum Gasteiger partial charge on any atom is 0.221 e. The minimum absolute atomic E-state index is 0.0642. The van der Waals surface area contributed by atoms with Gasteiger partial charge in [-0.3, -0.25) is 9.59 Å². The van der Waals surface area contributed by atoms with Gasteiger partial charge in [0.25, 0.3) is 0 Å². The van der Waals surface area contributed by atoms with Gasteiger partial charge in [-0.25, -0.2) is 0 Å². The SMILES string of the molecule is CC(=O)Nc1cccc(CNC(=O)CC2CCCN2)c1. The molecule has 2 rings (SSSR count). The minimum Gasteiger partial charge on any atom is -0.352 e. The van der Waals surface area contributed by atoms with E-state index in [0.717, 1.165) is 30.6 Å². The summed E-state index contributed by atoms with van der Waals surface area (Å²) in [5.74, 6) is -0.0344. The highest BCUT2D eigenvalue weighted by Gasteiger charge is 2.17. The predicted octanol–water partition coefficient (Wildman–Crippen LogP) is 1.40. The van der Waals surface area contributed by atoms with E-state index in [1.165, 1.54) is 6.92 Å². The molecule has 1 fully saturated rings. The van der Waals surface area contributed by atoms with Crippen molar-refractivity contribution in [3.8, 4) is 0 Å². The molecule has 5 heteroatoms. The zero-order valence-corrected chi connectivity index (χ0v) is 11.7. The first-order valence-corrected chi connectivity index (χ1v) is 7.00. The number of nitrogens with one attached hydrogen (secondary N) is 3. The molecule has 1 aromatic rings. The quantitative estimate of drug-likeness (QED) is 0.761. The Morgan fingerprint density at radius 1 is 1.40 bits per heavy atom. The molecule has 108 valence electrons. The summed E-state index contributed by atoms with van der Waals surface area (Å²) in [5, 5.41) is 8.95. The van der Waals surface area contributed by atoms with Crippen molar-refractivity contribution in [2.75, 3.05) is 11.9 Å². The maximum atomic E-state index is 11.8. The monoisotopic (exact) mass is 275 g/mol. The molecule has 0 saturated carbocycles. The zero-order valence-electron chi connectivity index (χ0n) is 11.7. The van der Waals surface area contributed by atoms with E-state index < -0.39 is 0 Å². The second-order valence-corrected chi connectivity index (χ2v) is 5.16. The van der Waals surface area contributed by atoms with Gasteiger partial charge in [-0.15, -0.1) is 0 Å². The fourth-order valence-corrected chi connectivity index (χ4v) is 2.39. The molecule has 20 heavy (non-hydrogen) atoms. The third kappa shape index (κ3) is 4.66. The van der Waals surface area contributed by atoms with Crippen LogP contribution in [-0.2, 0) is 16.1 Å². The molecule has 0 aromatic heterocycles. The van der Waals surface area contributed by atoms with E-state index in [2.05, 4.69) is 16.0 Å². The molecule has 2 amide bonds. The third-order valence-electron chi connectivity index (χ3n) is 3.33. The van der Waals surface area contributed by atoms with Gasteiger partial charge >= 0.3 is 0 Å². The Bertz CT molecular complexity index is 482. The number of hydrogen-bond acceptors (Lipinski definition) is 3. The lowest BCUT2D eigenvalue weighted by atomic mass is 10.1. The highest BCUT2D eigenvalue weighted by atomic mass is 16.2. The van der Waals surface area contributed by atoms with Crippen molar-refractivity contribution in [3.63, 3.8) is 0 Å². The van der Waals surface area contributed by atoms with Gasteiger partial charge in [0.15, 0.2) is 0 Å². The van der Waals surface area contributed by atoms with Crippen LogP contribution in [0.25, 0.3) is 0 Å². The average Bonchev–Trinajstić information content (AvgIpc) is 2.89. The topological polar surface area (TPSA) is 70.2 Å². The van der Waals surface area contributed by atoms with E-state index in [1.54, 1.807) is 0 Å². The molecule has 5 nitrogen and oxygen atoms in total. The van der Waals surface area contributed by atoms with Crippen molar-refractivity contribution < 1.29 is 9.59 Å². The fraction of sp³-hybridized carbons (Fsp3) is 0.467. The van der Waals surface area contributed by atoms with Crippen molar-refractivity contribution in [3.05, 3.63) is 29.8 Å². The molecule has 1 aliphatic rings. The van der Waals surface area contributed by atoms with Gasteiger partial charge in [-0.2, -0.15) is 0 Å². The molecule has 1 saturated heterocycles. The van der Waals surface area contributed by atoms with Crippen LogP contribution in [0.1, 0.15) is 31.7 Å². The Balaban J connectivity index is 1.80. The van der Waals surface area contributed by atoms with Crippen LogP contribution < -0.4 is 16.0 Å². The molecular weight excluding hydrogens is 254 g/mol. The van der Waals surface area contributed by atoms with Crippen LogP contribution >= 0.6 is 0 Å². The lowest BCUT2D eigenvalue weighted by Crippen LogP contribution is -2.31. The van der Waals surface area contributed by atoms with E-state index in [0.29, 0.717) is 19.0 Å². The third-order valence-corrected chi connectivity index (χ3v) is 3.33. The summed E-state index contributed by atoms with van der Waals surface area (Å²) in [5.41, 5.74) is 1.73. The van der Waals surface area contributed by atoms with Crippen molar-refractivity contribution in [2.45, 2.75) is 38.8 Å². The van der Waals surface area contributed by atoms with E-state index in [1.807, 2.05) is 24.3 Å². The molecule has 0 spiro atoms. The first-order valence-electron chi connectivity index (χ1n) is 7.00. The second-order valence-electron chi connectivity index (χ2n) is 5.16. The number of rotatable bonds is 5. The van der Waals surface area contributed by atoms with Gasteiger partial charge in [-0.05, 0) is 37.1 Å². The fourth-order valence-electron chi connectivity index (χ4n) is 2.39. The van der Waals surface area contributed by atoms with Gasteiger partial charge in [0.1, 0.15) is 0 Å². The van der Waals surface area contributed by atoms with Crippen molar-refractivity contribution in [1.82, 2.24) is 10.6 Å². The highest BCUT2D eigenvalue weighted by Crippen LogP contribution is 2.11. The summed E-state index contributed by atoms with van der Waals surface area (Å²) in [6.45, 7) is 2.97. The second kappa shape index (κ2) is 7.05. The van der Waals surface area contributed by atoms with E-state index in [9.17, 15) is 9.59 Å². The normalized spacial score (nSPS) is 17.8. The molecule has 1 heterocycles. The van der Waals surface area contributed by atoms with Gasteiger partial charge in [0, 0.05) is 31.6 Å². The predicted molar refractivity (Wildman–Crippen MR) is 78.2 cm³/mol. The minimum atomic E-state index is -0.0986. The maximum absolute atomic E-state index is 11.8. The van der Waals surface area contributed by atoms with Crippen LogP contribution in [0.4, 0.5) is 5.69 Å². The number of carbonyl (C=O) groups is 2. The standard InChI is InChI=1S/C15H21N3O2/c1-11(19)18-14-5-2-4-12(8-14)10-17-15(20)9-13-6-3-7-16-13/h2,4-5,8,13,16H,3,6-7,9-10H2,1H3,(H,17,20)(H,18,19). The first kappa shape index (κ1) is 14.5.